The zero-order chi connectivity index (χ0) is 18.4. The molecule has 2 aromatic rings. The van der Waals surface area contributed by atoms with Crippen LogP contribution in [0.4, 0.5) is 0 Å². The van der Waals surface area contributed by atoms with Crippen LogP contribution in [-0.2, 0) is 6.54 Å². The van der Waals surface area contributed by atoms with E-state index in [4.69, 9.17) is 9.41 Å². The molecule has 3 rings (SSSR count). The van der Waals surface area contributed by atoms with Gasteiger partial charge in [0.05, 0.1) is 12.8 Å². The molecule has 1 N–H and O–H groups in total. The summed E-state index contributed by atoms with van der Waals surface area (Å²) in [6, 6.07) is 11.6. The molecule has 1 amide bonds. The van der Waals surface area contributed by atoms with Crippen molar-refractivity contribution in [3.05, 3.63) is 58.5 Å². The highest BCUT2D eigenvalue weighted by Gasteiger charge is 2.25. The van der Waals surface area contributed by atoms with Gasteiger partial charge in [-0.05, 0) is 36.8 Å². The van der Waals surface area contributed by atoms with Crippen LogP contribution in [0.1, 0.15) is 23.0 Å². The summed E-state index contributed by atoms with van der Waals surface area (Å²) in [5.41, 5.74) is 1.15. The first-order valence-electron chi connectivity index (χ1n) is 8.78. The highest BCUT2D eigenvalue weighted by atomic mass is 79.9. The van der Waals surface area contributed by atoms with Gasteiger partial charge in [0.15, 0.2) is 11.7 Å². The molecule has 2 heterocycles. The van der Waals surface area contributed by atoms with Crippen molar-refractivity contribution < 1.29 is 9.21 Å². The summed E-state index contributed by atoms with van der Waals surface area (Å²) in [7, 11) is 0. The van der Waals surface area contributed by atoms with Gasteiger partial charge in [-0.2, -0.15) is 0 Å². The van der Waals surface area contributed by atoms with Gasteiger partial charge in [-0.25, -0.2) is 4.99 Å². The van der Waals surface area contributed by atoms with Gasteiger partial charge in [0.2, 0.25) is 0 Å². The molecule has 0 radical (unpaired) electrons. The van der Waals surface area contributed by atoms with Gasteiger partial charge in [0.1, 0.15) is 0 Å². The van der Waals surface area contributed by atoms with E-state index in [2.05, 4.69) is 45.2 Å². The number of carbonyl (C=O) groups excluding carboxylic acids is 1. The summed E-state index contributed by atoms with van der Waals surface area (Å²) in [5.74, 6) is 1.23. The SMILES string of the molecule is CCNC(=NCc1cccc(Br)c1)N1CCN(C(=O)c2ccco2)CC1. The van der Waals surface area contributed by atoms with E-state index in [1.807, 2.05) is 17.0 Å². The molecule has 1 fully saturated rings. The number of amides is 1. The van der Waals surface area contributed by atoms with Gasteiger partial charge >= 0.3 is 0 Å². The minimum absolute atomic E-state index is 0.0503. The molecule has 0 atom stereocenters. The fourth-order valence-corrected chi connectivity index (χ4v) is 3.35. The van der Waals surface area contributed by atoms with E-state index in [-0.39, 0.29) is 5.91 Å². The Bertz CT molecular complexity index is 753. The zero-order valence-electron chi connectivity index (χ0n) is 14.8. The number of hydrogen-bond donors (Lipinski definition) is 1. The molecule has 1 aliphatic heterocycles. The number of piperazine rings is 1. The molecular formula is C19H23BrN4O2. The number of carbonyl (C=O) groups is 1. The first-order valence-corrected chi connectivity index (χ1v) is 9.57. The maximum atomic E-state index is 12.4. The van der Waals surface area contributed by atoms with E-state index < -0.39 is 0 Å². The fraction of sp³-hybridized carbons (Fsp3) is 0.368. The molecule has 0 spiro atoms. The van der Waals surface area contributed by atoms with Crippen LogP contribution in [-0.4, -0.2) is 54.4 Å². The Balaban J connectivity index is 1.61. The molecule has 0 bridgehead atoms. The van der Waals surface area contributed by atoms with Gasteiger partial charge in [-0.1, -0.05) is 28.1 Å². The monoisotopic (exact) mass is 418 g/mol. The molecule has 1 aliphatic rings. The van der Waals surface area contributed by atoms with Crippen LogP contribution in [0.5, 0.6) is 0 Å². The highest BCUT2D eigenvalue weighted by molar-refractivity contribution is 9.10. The van der Waals surface area contributed by atoms with Crippen LogP contribution < -0.4 is 5.32 Å². The molecule has 26 heavy (non-hydrogen) atoms. The quantitative estimate of drug-likeness (QED) is 0.612. The Morgan fingerprint density at radius 1 is 1.19 bits per heavy atom. The van der Waals surface area contributed by atoms with Crippen molar-refractivity contribution in [3.63, 3.8) is 0 Å². The van der Waals surface area contributed by atoms with Crippen LogP contribution in [0.15, 0.2) is 56.5 Å². The number of benzene rings is 1. The third-order valence-electron chi connectivity index (χ3n) is 4.23. The molecule has 0 aliphatic carbocycles. The van der Waals surface area contributed by atoms with Crippen LogP contribution in [0.2, 0.25) is 0 Å². The Morgan fingerprint density at radius 2 is 1.96 bits per heavy atom. The van der Waals surface area contributed by atoms with Crippen molar-refractivity contribution >= 4 is 27.8 Å². The van der Waals surface area contributed by atoms with E-state index in [0.29, 0.717) is 25.4 Å². The van der Waals surface area contributed by atoms with Gasteiger partial charge in [0, 0.05) is 37.2 Å². The number of halogens is 1. The zero-order valence-corrected chi connectivity index (χ0v) is 16.4. The Hall–Kier alpha value is -2.28. The fourth-order valence-electron chi connectivity index (χ4n) is 2.90. The summed E-state index contributed by atoms with van der Waals surface area (Å²) in [4.78, 5) is 21.2. The van der Waals surface area contributed by atoms with Crippen molar-refractivity contribution in [1.29, 1.82) is 0 Å². The van der Waals surface area contributed by atoms with Crippen molar-refractivity contribution in [2.45, 2.75) is 13.5 Å². The van der Waals surface area contributed by atoms with E-state index in [9.17, 15) is 4.79 Å². The lowest BCUT2D eigenvalue weighted by molar-refractivity contribution is 0.0657. The maximum absolute atomic E-state index is 12.4. The Kier molecular flexibility index (Phi) is 6.33. The van der Waals surface area contributed by atoms with Gasteiger partial charge in [0.25, 0.3) is 5.91 Å². The summed E-state index contributed by atoms with van der Waals surface area (Å²) in [5, 5.41) is 3.35. The summed E-state index contributed by atoms with van der Waals surface area (Å²) >= 11 is 3.49. The van der Waals surface area contributed by atoms with E-state index in [1.54, 1.807) is 12.1 Å². The summed E-state index contributed by atoms with van der Waals surface area (Å²) in [6.45, 7) is 6.29. The van der Waals surface area contributed by atoms with Crippen molar-refractivity contribution in [1.82, 2.24) is 15.1 Å². The Labute approximate surface area is 162 Å². The second kappa shape index (κ2) is 8.89. The molecule has 6 nitrogen and oxygen atoms in total. The number of guanidine groups is 1. The third kappa shape index (κ3) is 4.66. The lowest BCUT2D eigenvalue weighted by atomic mass is 10.2. The number of furan rings is 1. The topological polar surface area (TPSA) is 61.1 Å². The Morgan fingerprint density at radius 3 is 2.62 bits per heavy atom. The van der Waals surface area contributed by atoms with Crippen LogP contribution in [0.25, 0.3) is 0 Å². The average Bonchev–Trinajstić information content (AvgIpc) is 3.19. The van der Waals surface area contributed by atoms with Crippen molar-refractivity contribution in [2.75, 3.05) is 32.7 Å². The lowest BCUT2D eigenvalue weighted by Gasteiger charge is -2.36. The van der Waals surface area contributed by atoms with Crippen LogP contribution in [0, 0.1) is 0 Å². The first-order chi connectivity index (χ1) is 12.7. The minimum atomic E-state index is -0.0503. The minimum Gasteiger partial charge on any atom is -0.459 e. The van der Waals surface area contributed by atoms with E-state index >= 15 is 0 Å². The molecule has 138 valence electrons. The first kappa shape index (κ1) is 18.5. The van der Waals surface area contributed by atoms with Crippen molar-refractivity contribution in [2.24, 2.45) is 4.99 Å². The third-order valence-corrected chi connectivity index (χ3v) is 4.73. The molecule has 1 aromatic heterocycles. The van der Waals surface area contributed by atoms with Gasteiger partial charge < -0.3 is 19.5 Å². The number of nitrogens with zero attached hydrogens (tertiary/aromatic N) is 3. The molecule has 0 unspecified atom stereocenters. The highest BCUT2D eigenvalue weighted by Crippen LogP contribution is 2.13. The summed E-state index contributed by atoms with van der Waals surface area (Å²) in [6.07, 6.45) is 1.53. The standard InChI is InChI=1S/C19H23BrN4O2/c1-2-21-19(22-14-15-5-3-6-16(20)13-15)24-10-8-23(9-11-24)18(25)17-7-4-12-26-17/h3-7,12-13H,2,8-11,14H2,1H3,(H,21,22). The van der Waals surface area contributed by atoms with Gasteiger partial charge in [-0.15, -0.1) is 0 Å². The van der Waals surface area contributed by atoms with Crippen LogP contribution in [0.3, 0.4) is 0 Å². The molecule has 7 heteroatoms. The molecule has 1 aromatic carbocycles. The average molecular weight is 419 g/mol. The normalized spacial score (nSPS) is 15.2. The van der Waals surface area contributed by atoms with E-state index in [0.717, 1.165) is 35.6 Å². The van der Waals surface area contributed by atoms with Gasteiger partial charge in [-0.3, -0.25) is 4.79 Å². The predicted molar refractivity (Wildman–Crippen MR) is 105 cm³/mol. The largest absolute Gasteiger partial charge is 0.459 e. The number of aliphatic imine (C=N–C) groups is 1. The number of nitrogens with one attached hydrogen (secondary N) is 1. The lowest BCUT2D eigenvalue weighted by Crippen LogP contribution is -2.53. The van der Waals surface area contributed by atoms with E-state index in [1.165, 1.54) is 6.26 Å². The smallest absolute Gasteiger partial charge is 0.289 e. The molecule has 1 saturated heterocycles. The van der Waals surface area contributed by atoms with Crippen molar-refractivity contribution in [3.8, 4) is 0 Å². The molecule has 0 saturated carbocycles. The summed E-state index contributed by atoms with van der Waals surface area (Å²) < 4.78 is 6.27. The number of rotatable bonds is 4. The second-order valence-corrected chi connectivity index (χ2v) is 6.97. The van der Waals surface area contributed by atoms with Crippen LogP contribution >= 0.6 is 15.9 Å². The predicted octanol–water partition coefficient (Wildman–Crippen LogP) is 2.97. The second-order valence-electron chi connectivity index (χ2n) is 6.06. The number of hydrogen-bond acceptors (Lipinski definition) is 3. The molecular weight excluding hydrogens is 396 g/mol. The maximum Gasteiger partial charge on any atom is 0.289 e.